The van der Waals surface area contributed by atoms with E-state index in [1.807, 2.05) is 17.4 Å². The molecule has 1 aliphatic heterocycles. The first-order chi connectivity index (χ1) is 7.81. The third-order valence-electron chi connectivity index (χ3n) is 3.92. The SMILES string of the molecule is [B]P(C)N1C(=O)C=C[C@@H]1[C@@H](C)C(C)(C)CCC. The van der Waals surface area contributed by atoms with Crippen molar-refractivity contribution in [2.45, 2.75) is 46.6 Å². The Balaban J connectivity index is 2.85. The lowest BCUT2D eigenvalue weighted by Crippen LogP contribution is -2.40. The Morgan fingerprint density at radius 1 is 1.59 bits per heavy atom. The molecule has 2 nitrogen and oxygen atoms in total. The first-order valence-corrected chi connectivity index (χ1v) is 8.12. The molecule has 0 fully saturated rings. The van der Waals surface area contributed by atoms with Crippen LogP contribution in [0.5, 0.6) is 0 Å². The second kappa shape index (κ2) is 5.56. The summed E-state index contributed by atoms with van der Waals surface area (Å²) in [6.07, 6.45) is 6.04. The van der Waals surface area contributed by atoms with Gasteiger partial charge in [0, 0.05) is 6.08 Å². The van der Waals surface area contributed by atoms with Gasteiger partial charge in [-0.25, -0.2) is 0 Å². The van der Waals surface area contributed by atoms with E-state index in [9.17, 15) is 4.79 Å². The Morgan fingerprint density at radius 2 is 2.18 bits per heavy atom. The fourth-order valence-electron chi connectivity index (χ4n) is 2.56. The van der Waals surface area contributed by atoms with Crippen LogP contribution >= 0.6 is 7.95 Å². The van der Waals surface area contributed by atoms with Crippen LogP contribution in [-0.2, 0) is 4.79 Å². The van der Waals surface area contributed by atoms with Crippen molar-refractivity contribution in [2.75, 3.05) is 6.66 Å². The summed E-state index contributed by atoms with van der Waals surface area (Å²) in [5.74, 6) is 0.504. The first-order valence-electron chi connectivity index (χ1n) is 6.31. The molecule has 0 aromatic carbocycles. The van der Waals surface area contributed by atoms with Crippen molar-refractivity contribution in [3.8, 4) is 0 Å². The monoisotopic (exact) mass is 251 g/mol. The summed E-state index contributed by atoms with van der Waals surface area (Å²) >= 11 is 0. The van der Waals surface area contributed by atoms with Crippen LogP contribution in [0.25, 0.3) is 0 Å². The fourth-order valence-corrected chi connectivity index (χ4v) is 3.64. The van der Waals surface area contributed by atoms with Crippen molar-refractivity contribution in [3.63, 3.8) is 0 Å². The zero-order valence-electron chi connectivity index (χ0n) is 11.6. The number of carbonyl (C=O) groups is 1. The van der Waals surface area contributed by atoms with E-state index in [0.29, 0.717) is 5.92 Å². The molecule has 0 aromatic rings. The second-order valence-electron chi connectivity index (χ2n) is 5.63. The van der Waals surface area contributed by atoms with E-state index in [2.05, 4.69) is 27.7 Å². The van der Waals surface area contributed by atoms with Crippen LogP contribution in [0.3, 0.4) is 0 Å². The van der Waals surface area contributed by atoms with Crippen LogP contribution in [0.15, 0.2) is 12.2 Å². The van der Waals surface area contributed by atoms with E-state index in [1.54, 1.807) is 6.08 Å². The average Bonchev–Trinajstić information content (AvgIpc) is 2.58. The van der Waals surface area contributed by atoms with Crippen molar-refractivity contribution in [1.29, 1.82) is 0 Å². The first kappa shape index (κ1) is 14.8. The van der Waals surface area contributed by atoms with E-state index < -0.39 is 7.95 Å². The van der Waals surface area contributed by atoms with Gasteiger partial charge in [0.2, 0.25) is 5.91 Å². The molecule has 1 unspecified atom stereocenters. The predicted molar refractivity (Wildman–Crippen MR) is 76.2 cm³/mol. The van der Waals surface area contributed by atoms with Gasteiger partial charge in [-0.2, -0.15) is 0 Å². The molecular formula is C13H23BNOP. The molecule has 17 heavy (non-hydrogen) atoms. The summed E-state index contributed by atoms with van der Waals surface area (Å²) in [5.41, 5.74) is 0.234. The van der Waals surface area contributed by atoms with Gasteiger partial charge in [0.05, 0.1) is 6.04 Å². The Hall–Kier alpha value is -0.295. The molecular weight excluding hydrogens is 228 g/mol. The minimum absolute atomic E-state index is 0.0743. The summed E-state index contributed by atoms with van der Waals surface area (Å²) in [7, 11) is 5.12. The molecule has 0 aromatic heterocycles. The lowest BCUT2D eigenvalue weighted by molar-refractivity contribution is -0.122. The van der Waals surface area contributed by atoms with Gasteiger partial charge in [0.25, 0.3) is 0 Å². The number of hydrogen-bond acceptors (Lipinski definition) is 1. The Morgan fingerprint density at radius 3 is 2.65 bits per heavy atom. The summed E-state index contributed by atoms with van der Waals surface area (Å²) in [4.78, 5) is 11.8. The molecule has 94 valence electrons. The van der Waals surface area contributed by atoms with Crippen molar-refractivity contribution < 1.29 is 4.79 Å². The molecule has 3 atom stereocenters. The van der Waals surface area contributed by atoms with Crippen LogP contribution in [0, 0.1) is 11.3 Å². The minimum Gasteiger partial charge on any atom is -0.321 e. The number of carbonyl (C=O) groups excluding carboxylic acids is 1. The number of rotatable bonds is 5. The Kier molecular flexibility index (Phi) is 4.83. The highest BCUT2D eigenvalue weighted by molar-refractivity contribution is 7.80. The van der Waals surface area contributed by atoms with Gasteiger partial charge in [-0.3, -0.25) is 4.79 Å². The molecule has 0 saturated carbocycles. The molecule has 1 amide bonds. The number of amides is 1. The maximum Gasteiger partial charge on any atom is 0.249 e. The van der Waals surface area contributed by atoms with Crippen molar-refractivity contribution in [2.24, 2.45) is 11.3 Å². The number of nitrogens with zero attached hydrogens (tertiary/aromatic N) is 1. The molecule has 4 heteroatoms. The molecule has 2 radical (unpaired) electrons. The quantitative estimate of drug-likeness (QED) is 0.542. The minimum atomic E-state index is -0.848. The predicted octanol–water partition coefficient (Wildman–Crippen LogP) is 3.33. The average molecular weight is 251 g/mol. The van der Waals surface area contributed by atoms with Crippen molar-refractivity contribution >= 4 is 21.4 Å². The standard InChI is InChI=1S/C13H23BNOP/c1-6-9-13(3,4)10(2)11-7-8-12(16)15(11)17(5)14/h7-8,10-11H,6,9H2,1-5H3/t10-,11-,17?/m1/s1. The third kappa shape index (κ3) is 3.13. The van der Waals surface area contributed by atoms with Crippen LogP contribution in [0.4, 0.5) is 0 Å². The molecule has 0 saturated heterocycles. The maximum atomic E-state index is 11.8. The van der Waals surface area contributed by atoms with Gasteiger partial charge >= 0.3 is 0 Å². The molecule has 1 aliphatic rings. The lowest BCUT2D eigenvalue weighted by Gasteiger charge is -2.41. The highest BCUT2D eigenvalue weighted by Gasteiger charge is 2.38. The summed E-state index contributed by atoms with van der Waals surface area (Å²) in [5, 5.41) is 0. The summed E-state index contributed by atoms with van der Waals surface area (Å²) < 4.78 is 1.86. The lowest BCUT2D eigenvalue weighted by atomic mass is 9.73. The molecule has 0 bridgehead atoms. The smallest absolute Gasteiger partial charge is 0.249 e. The van der Waals surface area contributed by atoms with Crippen LogP contribution < -0.4 is 0 Å². The highest BCUT2D eigenvalue weighted by atomic mass is 31.1. The topological polar surface area (TPSA) is 20.3 Å². The van der Waals surface area contributed by atoms with Crippen LogP contribution in [-0.4, -0.2) is 30.9 Å². The van der Waals surface area contributed by atoms with E-state index in [-0.39, 0.29) is 17.4 Å². The largest absolute Gasteiger partial charge is 0.321 e. The van der Waals surface area contributed by atoms with Gasteiger partial charge in [-0.1, -0.05) is 48.1 Å². The van der Waals surface area contributed by atoms with Crippen molar-refractivity contribution in [1.82, 2.24) is 4.67 Å². The molecule has 0 aliphatic carbocycles. The highest BCUT2D eigenvalue weighted by Crippen LogP contribution is 2.44. The van der Waals surface area contributed by atoms with E-state index in [0.717, 1.165) is 0 Å². The zero-order valence-corrected chi connectivity index (χ0v) is 12.5. The third-order valence-corrected chi connectivity index (χ3v) is 5.07. The molecule has 1 rings (SSSR count). The van der Waals surface area contributed by atoms with Crippen LogP contribution in [0.2, 0.25) is 0 Å². The summed E-state index contributed by atoms with van der Waals surface area (Å²) in [6.45, 7) is 10.9. The van der Waals surface area contributed by atoms with E-state index >= 15 is 0 Å². The molecule has 0 spiro atoms. The van der Waals surface area contributed by atoms with Gasteiger partial charge in [-0.15, -0.1) is 0 Å². The maximum absolute atomic E-state index is 11.8. The van der Waals surface area contributed by atoms with Crippen LogP contribution in [0.1, 0.15) is 40.5 Å². The Labute approximate surface area is 108 Å². The molecule has 0 N–H and O–H groups in total. The fraction of sp³-hybridized carbons (Fsp3) is 0.769. The van der Waals surface area contributed by atoms with E-state index in [1.165, 1.54) is 12.8 Å². The van der Waals surface area contributed by atoms with E-state index in [4.69, 9.17) is 7.57 Å². The van der Waals surface area contributed by atoms with Gasteiger partial charge in [0.1, 0.15) is 7.57 Å². The Bertz CT molecular complexity index is 315. The van der Waals surface area contributed by atoms with Gasteiger partial charge < -0.3 is 4.67 Å². The molecule has 1 heterocycles. The summed E-state index contributed by atoms with van der Waals surface area (Å²) in [6, 6.07) is 0.171. The van der Waals surface area contributed by atoms with Crippen molar-refractivity contribution in [3.05, 3.63) is 12.2 Å². The normalized spacial score (nSPS) is 24.2. The second-order valence-corrected chi connectivity index (χ2v) is 7.21. The van der Waals surface area contributed by atoms with Gasteiger partial charge in [-0.05, 0) is 24.4 Å². The number of hydrogen-bond donors (Lipinski definition) is 0. The zero-order chi connectivity index (χ0) is 13.2. The van der Waals surface area contributed by atoms with Gasteiger partial charge in [0.15, 0.2) is 0 Å².